The first-order valence-electron chi connectivity index (χ1n) is 10.6. The number of pyridine rings is 1. The third-order valence-corrected chi connectivity index (χ3v) is 6.67. The molecule has 10 heteroatoms. The van der Waals surface area contributed by atoms with Gasteiger partial charge in [-0.1, -0.05) is 6.07 Å². The highest BCUT2D eigenvalue weighted by Gasteiger charge is 2.28. The van der Waals surface area contributed by atoms with Gasteiger partial charge in [-0.3, -0.25) is 14.3 Å². The highest BCUT2D eigenvalue weighted by atomic mass is 28.1. The molecule has 1 aromatic carbocycles. The Morgan fingerprint density at radius 3 is 2.55 bits per heavy atom. The predicted molar refractivity (Wildman–Crippen MR) is 126 cm³/mol. The number of aromatic nitrogens is 5. The minimum atomic E-state index is -0.770. The Bertz CT molecular complexity index is 1620. The molecule has 165 valence electrons. The molecule has 0 spiro atoms. The monoisotopic (exact) mass is 456 g/mol. The third kappa shape index (κ3) is 3.36. The summed E-state index contributed by atoms with van der Waals surface area (Å²) in [5.74, 6) is 0.486. The molecule has 0 bridgehead atoms. The molecule has 4 aromatic rings. The van der Waals surface area contributed by atoms with Crippen LogP contribution >= 0.6 is 0 Å². The molecular weight excluding hydrogens is 434 g/mol. The molecule has 5 rings (SSSR count). The summed E-state index contributed by atoms with van der Waals surface area (Å²) in [6.07, 6.45) is 3.65. The van der Waals surface area contributed by atoms with Crippen LogP contribution in [0, 0.1) is 18.3 Å². The molecule has 1 aliphatic carbocycles. The van der Waals surface area contributed by atoms with Gasteiger partial charge >= 0.3 is 0 Å². The zero-order valence-electron chi connectivity index (χ0n) is 18.8. The van der Waals surface area contributed by atoms with Crippen molar-refractivity contribution in [2.45, 2.75) is 37.9 Å². The molecule has 1 atom stereocenters. The Balaban J connectivity index is 1.66. The molecule has 1 aliphatic rings. The van der Waals surface area contributed by atoms with Gasteiger partial charge in [-0.15, -0.1) is 0 Å². The van der Waals surface area contributed by atoms with Crippen molar-refractivity contribution in [2.75, 3.05) is 5.32 Å². The van der Waals surface area contributed by atoms with E-state index in [1.807, 2.05) is 33.0 Å². The quantitative estimate of drug-likeness (QED) is 0.470. The van der Waals surface area contributed by atoms with Crippen LogP contribution in [0.3, 0.4) is 0 Å². The summed E-state index contributed by atoms with van der Waals surface area (Å²) in [7, 11) is 7.24. The number of hydrogen-bond donors (Lipinski definition) is 1. The number of fused-ring (bicyclic) bond motifs is 2. The first-order chi connectivity index (χ1) is 15.6. The lowest BCUT2D eigenvalue weighted by Crippen LogP contribution is -2.35. The highest BCUT2D eigenvalue weighted by Crippen LogP contribution is 2.35. The van der Waals surface area contributed by atoms with Gasteiger partial charge in [-0.25, -0.2) is 4.68 Å². The van der Waals surface area contributed by atoms with Crippen LogP contribution in [0.2, 0.25) is 0 Å². The van der Waals surface area contributed by atoms with Gasteiger partial charge in [0, 0.05) is 48.3 Å². The fraction of sp³-hybridized carbons (Fsp3) is 0.348. The molecule has 3 aromatic heterocycles. The van der Waals surface area contributed by atoms with Crippen LogP contribution in [0.1, 0.15) is 42.6 Å². The summed E-state index contributed by atoms with van der Waals surface area (Å²) in [6.45, 7) is 3.90. The van der Waals surface area contributed by atoms with Gasteiger partial charge in [0.05, 0.1) is 21.1 Å². The van der Waals surface area contributed by atoms with Crippen LogP contribution in [-0.4, -0.2) is 34.4 Å². The van der Waals surface area contributed by atoms with Crippen molar-refractivity contribution in [2.24, 2.45) is 14.1 Å². The summed E-state index contributed by atoms with van der Waals surface area (Å²) in [5, 5.41) is 22.6. The average Bonchev–Trinajstić information content (AvgIpc) is 3.54. The van der Waals surface area contributed by atoms with Crippen molar-refractivity contribution in [1.82, 2.24) is 24.1 Å². The van der Waals surface area contributed by atoms with Gasteiger partial charge in [-0.05, 0) is 43.9 Å². The maximum absolute atomic E-state index is 12.7. The molecule has 1 N–H and O–H groups in total. The zero-order valence-corrected chi connectivity index (χ0v) is 19.8. The van der Waals surface area contributed by atoms with Gasteiger partial charge in [-0.2, -0.15) is 15.5 Å². The van der Waals surface area contributed by atoms with E-state index in [1.54, 1.807) is 22.5 Å². The second-order valence-corrected chi connectivity index (χ2v) is 9.88. The van der Waals surface area contributed by atoms with Gasteiger partial charge < -0.3 is 9.88 Å². The van der Waals surface area contributed by atoms with Crippen molar-refractivity contribution in [3.05, 3.63) is 61.9 Å². The van der Waals surface area contributed by atoms with E-state index in [0.29, 0.717) is 22.3 Å². The SMILES string of the molecule is Cc1cc([C@](C)([Si])Nc2nn(C)c(=O)c3cc(=O)n(C4CC4)cc23)cc2c1c(C#N)nn2C. The van der Waals surface area contributed by atoms with Gasteiger partial charge in [0.1, 0.15) is 6.07 Å². The number of rotatable bonds is 4. The fourth-order valence-electron chi connectivity index (χ4n) is 4.33. The second kappa shape index (κ2) is 7.15. The van der Waals surface area contributed by atoms with E-state index in [9.17, 15) is 14.9 Å². The van der Waals surface area contributed by atoms with E-state index < -0.39 is 5.16 Å². The number of nitriles is 1. The molecule has 3 radical (unpaired) electrons. The van der Waals surface area contributed by atoms with E-state index in [-0.39, 0.29) is 17.2 Å². The average molecular weight is 457 g/mol. The zero-order chi connectivity index (χ0) is 23.7. The summed E-state index contributed by atoms with van der Waals surface area (Å²) >= 11 is 0. The molecule has 0 aliphatic heterocycles. The molecule has 0 amide bonds. The van der Waals surface area contributed by atoms with E-state index >= 15 is 0 Å². The second-order valence-electron chi connectivity index (χ2n) is 8.88. The first kappa shape index (κ1) is 21.1. The van der Waals surface area contributed by atoms with Gasteiger partial charge in [0.25, 0.3) is 11.1 Å². The van der Waals surface area contributed by atoms with Gasteiger partial charge in [0.15, 0.2) is 11.5 Å². The minimum Gasteiger partial charge on any atom is -0.363 e. The number of anilines is 1. The number of hydrogen-bond acceptors (Lipinski definition) is 6. The molecule has 9 nitrogen and oxygen atoms in total. The molecular formula is C23H22N7O2Si. The highest BCUT2D eigenvalue weighted by molar-refractivity contribution is 6.17. The van der Waals surface area contributed by atoms with E-state index in [0.717, 1.165) is 34.9 Å². The van der Waals surface area contributed by atoms with Crippen LogP contribution in [0.25, 0.3) is 21.7 Å². The summed E-state index contributed by atoms with van der Waals surface area (Å²) in [4.78, 5) is 25.3. The Kier molecular flexibility index (Phi) is 4.58. The number of nitrogens with one attached hydrogen (secondary N) is 1. The topological polar surface area (TPSA) is 111 Å². The fourth-order valence-corrected chi connectivity index (χ4v) is 4.59. The number of nitrogens with zero attached hydrogens (tertiary/aromatic N) is 6. The Hall–Kier alpha value is -3.71. The Morgan fingerprint density at radius 2 is 1.88 bits per heavy atom. The summed E-state index contributed by atoms with van der Waals surface area (Å²) in [5.41, 5.74) is 2.57. The summed E-state index contributed by atoms with van der Waals surface area (Å²) in [6, 6.07) is 7.71. The van der Waals surface area contributed by atoms with Crippen molar-refractivity contribution < 1.29 is 0 Å². The summed E-state index contributed by atoms with van der Waals surface area (Å²) < 4.78 is 4.62. The molecule has 33 heavy (non-hydrogen) atoms. The van der Waals surface area contributed by atoms with E-state index in [1.165, 1.54) is 10.7 Å². The minimum absolute atomic E-state index is 0.175. The van der Waals surface area contributed by atoms with Crippen molar-refractivity contribution >= 4 is 37.7 Å². The predicted octanol–water partition coefficient (Wildman–Crippen LogP) is 1.95. The smallest absolute Gasteiger partial charge is 0.274 e. The molecule has 1 saturated carbocycles. The van der Waals surface area contributed by atoms with Crippen molar-refractivity contribution in [3.8, 4) is 6.07 Å². The largest absolute Gasteiger partial charge is 0.363 e. The lowest BCUT2D eigenvalue weighted by Gasteiger charge is -2.29. The van der Waals surface area contributed by atoms with Gasteiger partial charge in [0.2, 0.25) is 0 Å². The molecule has 0 saturated heterocycles. The van der Waals surface area contributed by atoms with Crippen molar-refractivity contribution in [3.63, 3.8) is 0 Å². The first-order valence-corrected chi connectivity index (χ1v) is 11.1. The van der Waals surface area contributed by atoms with Crippen LogP contribution in [-0.2, 0) is 19.3 Å². The van der Waals surface area contributed by atoms with Crippen LogP contribution in [0.4, 0.5) is 5.82 Å². The van der Waals surface area contributed by atoms with Crippen molar-refractivity contribution in [1.29, 1.82) is 5.26 Å². The van der Waals surface area contributed by atoms with E-state index in [2.05, 4.69) is 31.8 Å². The lowest BCUT2D eigenvalue weighted by atomic mass is 10.00. The van der Waals surface area contributed by atoms with Crippen LogP contribution in [0.5, 0.6) is 0 Å². The van der Waals surface area contributed by atoms with Crippen LogP contribution < -0.4 is 16.4 Å². The number of aryl methyl sites for hydroxylation is 3. The Morgan fingerprint density at radius 1 is 1.15 bits per heavy atom. The normalized spacial score (nSPS) is 15.5. The third-order valence-electron chi connectivity index (χ3n) is 6.25. The lowest BCUT2D eigenvalue weighted by molar-refractivity contribution is 0.691. The maximum Gasteiger partial charge on any atom is 0.274 e. The maximum atomic E-state index is 12.7. The van der Waals surface area contributed by atoms with Crippen LogP contribution in [0.15, 0.2) is 34.0 Å². The molecule has 3 heterocycles. The number of benzene rings is 1. The Labute approximate surface area is 192 Å². The standard InChI is InChI=1S/C23H22N7O2Si/c1-12-7-13(8-18-20(12)17(10-24)26-28(18)3)23(2,33)25-21-16-11-30(14-5-6-14)19(31)9-15(16)22(32)29(4)27-21/h7-9,11,14H,5-6H2,1-4H3,(H,25,27)/t23-/m0/s1. The molecule has 1 fully saturated rings. The van der Waals surface area contributed by atoms with E-state index in [4.69, 9.17) is 0 Å². The molecule has 0 unspecified atom stereocenters.